The molecule has 0 aromatic heterocycles. The molecule has 3 aromatic carbocycles. The lowest BCUT2D eigenvalue weighted by Crippen LogP contribution is -2.14. The Kier molecular flexibility index (Phi) is 2.54. The minimum atomic E-state index is -0.00619. The molecule has 2 aliphatic rings. The Balaban J connectivity index is 1.96. The molecule has 0 atom stereocenters. The third-order valence-corrected chi connectivity index (χ3v) is 4.78. The van der Waals surface area contributed by atoms with Crippen molar-refractivity contribution in [3.63, 3.8) is 0 Å². The number of ketones is 2. The molecule has 0 radical (unpaired) electrons. The zero-order valence-corrected chi connectivity index (χ0v) is 12.7. The number of hydrogen-bond donors (Lipinski definition) is 0. The van der Waals surface area contributed by atoms with Crippen molar-refractivity contribution < 1.29 is 9.59 Å². The van der Waals surface area contributed by atoms with Crippen LogP contribution in [0.3, 0.4) is 0 Å². The summed E-state index contributed by atoms with van der Waals surface area (Å²) in [7, 11) is 0. The monoisotopic (exact) mass is 308 g/mol. The van der Waals surface area contributed by atoms with Gasteiger partial charge in [0, 0.05) is 33.4 Å². The second kappa shape index (κ2) is 4.62. The standard InChI is InChI=1S/C22H12O2/c23-21-15-10-5-4-9-14(15)20-18(13-7-2-1-3-8-13)22(24)17-12-6-11-16(21)19(17)20/h1-12H. The summed E-state index contributed by atoms with van der Waals surface area (Å²) >= 11 is 0. The van der Waals surface area contributed by atoms with Gasteiger partial charge in [0.05, 0.1) is 0 Å². The Morgan fingerprint density at radius 3 is 1.79 bits per heavy atom. The van der Waals surface area contributed by atoms with Crippen LogP contribution in [0.15, 0.2) is 72.8 Å². The number of rotatable bonds is 1. The van der Waals surface area contributed by atoms with E-state index in [0.29, 0.717) is 22.3 Å². The molecular weight excluding hydrogens is 296 g/mol. The topological polar surface area (TPSA) is 34.1 Å². The highest BCUT2D eigenvalue weighted by atomic mass is 16.1. The summed E-state index contributed by atoms with van der Waals surface area (Å²) in [4.78, 5) is 25.9. The Hall–Kier alpha value is -3.26. The van der Waals surface area contributed by atoms with Gasteiger partial charge < -0.3 is 0 Å². The normalized spacial score (nSPS) is 14.7. The summed E-state index contributed by atoms with van der Waals surface area (Å²) < 4.78 is 0. The maximum Gasteiger partial charge on any atom is 0.194 e. The van der Waals surface area contributed by atoms with Gasteiger partial charge in [-0.25, -0.2) is 0 Å². The van der Waals surface area contributed by atoms with Gasteiger partial charge in [0.2, 0.25) is 0 Å². The minimum Gasteiger partial charge on any atom is -0.289 e. The van der Waals surface area contributed by atoms with E-state index in [1.54, 1.807) is 6.07 Å². The third-order valence-electron chi connectivity index (χ3n) is 4.78. The number of carbonyl (C=O) groups excluding carboxylic acids is 2. The van der Waals surface area contributed by atoms with Crippen LogP contribution < -0.4 is 0 Å². The van der Waals surface area contributed by atoms with Crippen molar-refractivity contribution in [2.45, 2.75) is 0 Å². The molecular formula is C22H12O2. The largest absolute Gasteiger partial charge is 0.289 e. The lowest BCUT2D eigenvalue weighted by atomic mass is 9.81. The van der Waals surface area contributed by atoms with Crippen molar-refractivity contribution in [1.29, 1.82) is 0 Å². The fourth-order valence-corrected chi connectivity index (χ4v) is 3.77. The van der Waals surface area contributed by atoms with Gasteiger partial charge in [0.15, 0.2) is 11.6 Å². The van der Waals surface area contributed by atoms with Crippen molar-refractivity contribution in [2.75, 3.05) is 0 Å². The van der Waals surface area contributed by atoms with E-state index in [9.17, 15) is 9.59 Å². The minimum absolute atomic E-state index is 0.00227. The van der Waals surface area contributed by atoms with Crippen LogP contribution in [-0.4, -0.2) is 11.6 Å². The highest BCUT2D eigenvalue weighted by Crippen LogP contribution is 2.47. The highest BCUT2D eigenvalue weighted by molar-refractivity contribution is 6.44. The number of carbonyl (C=O) groups is 2. The first kappa shape index (κ1) is 13.2. The lowest BCUT2D eigenvalue weighted by Gasteiger charge is -2.20. The molecule has 0 amide bonds. The van der Waals surface area contributed by atoms with Crippen LogP contribution in [0.25, 0.3) is 11.1 Å². The maximum absolute atomic E-state index is 13.1. The first-order chi connectivity index (χ1) is 11.8. The summed E-state index contributed by atoms with van der Waals surface area (Å²) in [5.41, 5.74) is 6.05. The second-order valence-electron chi connectivity index (χ2n) is 6.05. The van der Waals surface area contributed by atoms with Crippen LogP contribution in [0.4, 0.5) is 0 Å². The molecule has 3 aromatic rings. The number of hydrogen-bond acceptors (Lipinski definition) is 2. The smallest absolute Gasteiger partial charge is 0.194 e. The fraction of sp³-hybridized carbons (Fsp3) is 0. The molecule has 112 valence electrons. The van der Waals surface area contributed by atoms with Crippen molar-refractivity contribution in [3.05, 3.63) is 106 Å². The van der Waals surface area contributed by atoms with E-state index in [2.05, 4.69) is 0 Å². The Bertz CT molecular complexity index is 1070. The maximum atomic E-state index is 13.1. The van der Waals surface area contributed by atoms with Crippen molar-refractivity contribution >= 4 is 22.7 Å². The van der Waals surface area contributed by atoms with Gasteiger partial charge in [-0.15, -0.1) is 0 Å². The van der Waals surface area contributed by atoms with E-state index in [1.807, 2.05) is 66.7 Å². The van der Waals surface area contributed by atoms with E-state index >= 15 is 0 Å². The van der Waals surface area contributed by atoms with E-state index in [4.69, 9.17) is 0 Å². The van der Waals surface area contributed by atoms with Crippen LogP contribution >= 0.6 is 0 Å². The molecule has 0 bridgehead atoms. The number of benzene rings is 3. The zero-order valence-electron chi connectivity index (χ0n) is 12.7. The van der Waals surface area contributed by atoms with E-state index in [1.165, 1.54) is 0 Å². The van der Waals surface area contributed by atoms with Crippen molar-refractivity contribution in [3.8, 4) is 0 Å². The van der Waals surface area contributed by atoms with Gasteiger partial charge in [0.1, 0.15) is 0 Å². The molecule has 0 spiro atoms. The van der Waals surface area contributed by atoms with Gasteiger partial charge in [-0.3, -0.25) is 9.59 Å². The number of fused-ring (bicyclic) bond motifs is 2. The SMILES string of the molecule is O=C1C(c2ccccc2)=C2c3ccccc3C(=O)c3cccc1c32. The first-order valence-corrected chi connectivity index (χ1v) is 7.89. The van der Waals surface area contributed by atoms with E-state index in [-0.39, 0.29) is 11.6 Å². The molecule has 0 N–H and O–H groups in total. The quantitative estimate of drug-likeness (QED) is 0.523. The highest BCUT2D eigenvalue weighted by Gasteiger charge is 2.38. The average molecular weight is 308 g/mol. The second-order valence-corrected chi connectivity index (χ2v) is 6.05. The number of allylic oxidation sites excluding steroid dienone is 1. The van der Waals surface area contributed by atoms with Crippen LogP contribution in [-0.2, 0) is 0 Å². The molecule has 2 nitrogen and oxygen atoms in total. The molecule has 2 heteroatoms. The van der Waals surface area contributed by atoms with Crippen molar-refractivity contribution in [1.82, 2.24) is 0 Å². The molecule has 2 aliphatic carbocycles. The summed E-state index contributed by atoms with van der Waals surface area (Å²) in [6.07, 6.45) is 0. The van der Waals surface area contributed by atoms with E-state index in [0.717, 1.165) is 22.3 Å². The predicted octanol–water partition coefficient (Wildman–Crippen LogP) is 4.39. The summed E-state index contributed by atoms with van der Waals surface area (Å²) in [6.45, 7) is 0. The van der Waals surface area contributed by atoms with Crippen LogP contribution in [0, 0.1) is 0 Å². The molecule has 0 saturated heterocycles. The average Bonchev–Trinajstić information content (AvgIpc) is 2.94. The fourth-order valence-electron chi connectivity index (χ4n) is 3.77. The van der Waals surface area contributed by atoms with Crippen LogP contribution in [0.2, 0.25) is 0 Å². The zero-order chi connectivity index (χ0) is 16.3. The number of Topliss-reactive ketones (excluding diaryl/α,β-unsaturated/α-hetero) is 1. The first-order valence-electron chi connectivity index (χ1n) is 7.89. The molecule has 0 heterocycles. The van der Waals surface area contributed by atoms with E-state index < -0.39 is 0 Å². The third kappa shape index (κ3) is 1.55. The van der Waals surface area contributed by atoms with Crippen LogP contribution in [0.1, 0.15) is 43.0 Å². The Morgan fingerprint density at radius 2 is 1.04 bits per heavy atom. The van der Waals surface area contributed by atoms with Gasteiger partial charge >= 0.3 is 0 Å². The molecule has 5 rings (SSSR count). The molecule has 0 fully saturated rings. The van der Waals surface area contributed by atoms with Crippen LogP contribution in [0.5, 0.6) is 0 Å². The summed E-state index contributed by atoms with van der Waals surface area (Å²) in [6, 6.07) is 22.7. The predicted molar refractivity (Wildman–Crippen MR) is 93.0 cm³/mol. The van der Waals surface area contributed by atoms with Gasteiger partial charge in [-0.2, -0.15) is 0 Å². The van der Waals surface area contributed by atoms with Gasteiger partial charge in [0.25, 0.3) is 0 Å². The molecule has 0 saturated carbocycles. The molecule has 0 aliphatic heterocycles. The van der Waals surface area contributed by atoms with Gasteiger partial charge in [-0.05, 0) is 11.1 Å². The molecule has 24 heavy (non-hydrogen) atoms. The lowest BCUT2D eigenvalue weighted by molar-refractivity contribution is 0.103. The Morgan fingerprint density at radius 1 is 0.458 bits per heavy atom. The molecule has 0 unspecified atom stereocenters. The summed E-state index contributed by atoms with van der Waals surface area (Å²) in [5.74, 6) is -0.00846. The van der Waals surface area contributed by atoms with Crippen molar-refractivity contribution in [2.24, 2.45) is 0 Å². The Labute approximate surface area is 139 Å². The summed E-state index contributed by atoms with van der Waals surface area (Å²) in [5, 5.41) is 0. The van der Waals surface area contributed by atoms with Gasteiger partial charge in [-0.1, -0.05) is 72.8 Å².